The third-order valence-corrected chi connectivity index (χ3v) is 4.04. The van der Waals surface area contributed by atoms with Gasteiger partial charge in [0.25, 0.3) is 0 Å². The summed E-state index contributed by atoms with van der Waals surface area (Å²) in [6.07, 6.45) is 3.23. The van der Waals surface area contributed by atoms with Crippen LogP contribution in [-0.4, -0.2) is 31.3 Å². The van der Waals surface area contributed by atoms with Crippen molar-refractivity contribution >= 4 is 16.8 Å². The molecule has 0 amide bonds. The lowest BCUT2D eigenvalue weighted by Gasteiger charge is -2.37. The van der Waals surface area contributed by atoms with Crippen LogP contribution < -0.4 is 4.90 Å². The van der Waals surface area contributed by atoms with Gasteiger partial charge in [-0.05, 0) is 31.4 Å². The van der Waals surface area contributed by atoms with E-state index in [4.69, 9.17) is 9.15 Å². The van der Waals surface area contributed by atoms with E-state index >= 15 is 0 Å². The number of hydrogen-bond acceptors (Lipinski definition) is 4. The fraction of sp³-hybridized carbons (Fsp3) is 0.533. The van der Waals surface area contributed by atoms with Crippen LogP contribution in [0.1, 0.15) is 19.1 Å². The van der Waals surface area contributed by atoms with Crippen LogP contribution in [0.5, 0.6) is 0 Å². The molecule has 1 aliphatic heterocycles. The Kier molecular flexibility index (Phi) is 3.19. The molecule has 19 heavy (non-hydrogen) atoms. The van der Waals surface area contributed by atoms with E-state index in [1.54, 1.807) is 7.11 Å². The van der Waals surface area contributed by atoms with Crippen LogP contribution in [0.3, 0.4) is 0 Å². The van der Waals surface area contributed by atoms with Crippen molar-refractivity contribution in [3.05, 3.63) is 24.1 Å². The van der Waals surface area contributed by atoms with Gasteiger partial charge in [-0.3, -0.25) is 0 Å². The molecule has 0 aliphatic carbocycles. The first kappa shape index (κ1) is 12.5. The molecule has 0 radical (unpaired) electrons. The molecule has 0 saturated carbocycles. The molecule has 4 heteroatoms. The van der Waals surface area contributed by atoms with Gasteiger partial charge in [0.05, 0.1) is 11.5 Å². The summed E-state index contributed by atoms with van der Waals surface area (Å²) in [6, 6.07) is 3.99. The van der Waals surface area contributed by atoms with E-state index in [0.29, 0.717) is 5.92 Å². The van der Waals surface area contributed by atoms with Crippen molar-refractivity contribution in [3.63, 3.8) is 0 Å². The van der Waals surface area contributed by atoms with Gasteiger partial charge >= 0.3 is 0 Å². The Bertz CT molecular complexity index is 579. The maximum Gasteiger partial charge on any atom is 0.139 e. The molecule has 4 nitrogen and oxygen atoms in total. The van der Waals surface area contributed by atoms with Crippen LogP contribution in [0, 0.1) is 12.8 Å². The van der Waals surface area contributed by atoms with Crippen LogP contribution in [-0.2, 0) is 4.74 Å². The number of aryl methyl sites for hydroxylation is 1. The normalized spacial score (nSPS) is 24.1. The third kappa shape index (κ3) is 2.21. The lowest BCUT2D eigenvalue weighted by molar-refractivity contribution is 0.0497. The molecule has 0 aromatic carbocycles. The number of rotatable bonds is 2. The predicted molar refractivity (Wildman–Crippen MR) is 75.5 cm³/mol. The zero-order chi connectivity index (χ0) is 13.4. The Morgan fingerprint density at radius 2 is 2.32 bits per heavy atom. The highest BCUT2D eigenvalue weighted by Crippen LogP contribution is 2.30. The summed E-state index contributed by atoms with van der Waals surface area (Å²) >= 11 is 0. The summed E-state index contributed by atoms with van der Waals surface area (Å²) in [7, 11) is 1.79. The second kappa shape index (κ2) is 4.85. The highest BCUT2D eigenvalue weighted by atomic mass is 16.5. The second-order valence-corrected chi connectivity index (χ2v) is 5.39. The quantitative estimate of drug-likeness (QED) is 0.832. The average Bonchev–Trinajstić information content (AvgIpc) is 2.79. The first-order valence-electron chi connectivity index (χ1n) is 6.82. The van der Waals surface area contributed by atoms with Gasteiger partial charge in [0.2, 0.25) is 0 Å². The molecule has 3 heterocycles. The van der Waals surface area contributed by atoms with Crippen molar-refractivity contribution in [2.45, 2.75) is 26.4 Å². The lowest BCUT2D eigenvalue weighted by atomic mass is 9.95. The molecule has 2 atom stereocenters. The fourth-order valence-electron chi connectivity index (χ4n) is 2.86. The van der Waals surface area contributed by atoms with E-state index in [1.807, 2.05) is 19.2 Å². The summed E-state index contributed by atoms with van der Waals surface area (Å²) in [5, 5.41) is 1.10. The van der Waals surface area contributed by atoms with Gasteiger partial charge < -0.3 is 14.1 Å². The van der Waals surface area contributed by atoms with Gasteiger partial charge in [-0.1, -0.05) is 6.92 Å². The molecule has 3 rings (SSSR count). The van der Waals surface area contributed by atoms with E-state index in [2.05, 4.69) is 22.9 Å². The van der Waals surface area contributed by atoms with E-state index in [0.717, 1.165) is 42.1 Å². The van der Waals surface area contributed by atoms with Crippen LogP contribution in [0.25, 0.3) is 11.0 Å². The highest BCUT2D eigenvalue weighted by molar-refractivity contribution is 5.89. The van der Waals surface area contributed by atoms with Gasteiger partial charge in [0.15, 0.2) is 0 Å². The second-order valence-electron chi connectivity index (χ2n) is 5.39. The highest BCUT2D eigenvalue weighted by Gasteiger charge is 2.27. The number of nitrogens with zero attached hydrogens (tertiary/aromatic N) is 2. The van der Waals surface area contributed by atoms with Gasteiger partial charge in [0, 0.05) is 26.4 Å². The molecule has 0 spiro atoms. The fourth-order valence-corrected chi connectivity index (χ4v) is 2.86. The topological polar surface area (TPSA) is 38.5 Å². The molecule has 0 bridgehead atoms. The molecule has 1 fully saturated rings. The molecule has 1 aliphatic rings. The van der Waals surface area contributed by atoms with Crippen molar-refractivity contribution in [1.29, 1.82) is 0 Å². The maximum absolute atomic E-state index is 5.68. The van der Waals surface area contributed by atoms with Crippen molar-refractivity contribution in [2.75, 3.05) is 25.1 Å². The molecule has 2 aromatic rings. The summed E-state index contributed by atoms with van der Waals surface area (Å²) < 4.78 is 11.3. The third-order valence-electron chi connectivity index (χ3n) is 4.04. The number of methoxy groups -OCH3 is 1. The van der Waals surface area contributed by atoms with E-state index < -0.39 is 0 Å². The SMILES string of the molecule is COC1CN(c2nccc3oc(C)cc23)CCC1C. The minimum absolute atomic E-state index is 0.277. The summed E-state index contributed by atoms with van der Waals surface area (Å²) in [5.41, 5.74) is 0.912. The molecular formula is C15H20N2O2. The number of furan rings is 1. The first-order valence-corrected chi connectivity index (χ1v) is 6.82. The lowest BCUT2D eigenvalue weighted by Crippen LogP contribution is -2.44. The van der Waals surface area contributed by atoms with Crippen LogP contribution in [0.4, 0.5) is 5.82 Å². The average molecular weight is 260 g/mol. The van der Waals surface area contributed by atoms with Gasteiger partial charge in [-0.15, -0.1) is 0 Å². The number of hydrogen-bond donors (Lipinski definition) is 0. The van der Waals surface area contributed by atoms with E-state index in [1.165, 1.54) is 0 Å². The smallest absolute Gasteiger partial charge is 0.139 e. The number of anilines is 1. The largest absolute Gasteiger partial charge is 0.461 e. The van der Waals surface area contributed by atoms with Crippen LogP contribution in [0.2, 0.25) is 0 Å². The molecule has 102 valence electrons. The van der Waals surface area contributed by atoms with Crippen molar-refractivity contribution in [3.8, 4) is 0 Å². The molecule has 2 aromatic heterocycles. The Morgan fingerprint density at radius 1 is 1.47 bits per heavy atom. The zero-order valence-electron chi connectivity index (χ0n) is 11.7. The van der Waals surface area contributed by atoms with E-state index in [-0.39, 0.29) is 6.10 Å². The number of piperidine rings is 1. The predicted octanol–water partition coefficient (Wildman–Crippen LogP) is 3.00. The van der Waals surface area contributed by atoms with E-state index in [9.17, 15) is 0 Å². The van der Waals surface area contributed by atoms with Crippen LogP contribution >= 0.6 is 0 Å². The van der Waals surface area contributed by atoms with Crippen LogP contribution in [0.15, 0.2) is 22.7 Å². The maximum atomic E-state index is 5.68. The molecule has 1 saturated heterocycles. The zero-order valence-corrected chi connectivity index (χ0v) is 11.7. The number of pyridine rings is 1. The number of aromatic nitrogens is 1. The Labute approximate surface area is 113 Å². The molecular weight excluding hydrogens is 240 g/mol. The van der Waals surface area contributed by atoms with Crippen molar-refractivity contribution < 1.29 is 9.15 Å². The van der Waals surface area contributed by atoms with Gasteiger partial charge in [0.1, 0.15) is 17.2 Å². The van der Waals surface area contributed by atoms with Crippen molar-refractivity contribution in [2.24, 2.45) is 5.92 Å². The first-order chi connectivity index (χ1) is 9.19. The number of ether oxygens (including phenoxy) is 1. The molecule has 2 unspecified atom stereocenters. The minimum atomic E-state index is 0.277. The minimum Gasteiger partial charge on any atom is -0.461 e. The summed E-state index contributed by atoms with van der Waals surface area (Å²) in [4.78, 5) is 6.86. The van der Waals surface area contributed by atoms with Gasteiger partial charge in [-0.25, -0.2) is 4.98 Å². The Hall–Kier alpha value is -1.55. The van der Waals surface area contributed by atoms with Crippen molar-refractivity contribution in [1.82, 2.24) is 4.98 Å². The summed E-state index contributed by atoms with van der Waals surface area (Å²) in [6.45, 7) is 6.15. The monoisotopic (exact) mass is 260 g/mol. The molecule has 0 N–H and O–H groups in total. The number of fused-ring (bicyclic) bond motifs is 1. The Morgan fingerprint density at radius 3 is 3.11 bits per heavy atom. The van der Waals surface area contributed by atoms with Gasteiger partial charge in [-0.2, -0.15) is 0 Å². The standard InChI is InChI=1S/C15H20N2O2/c1-10-5-7-17(9-14(10)18-3)15-12-8-11(2)19-13(12)4-6-16-15/h4,6,8,10,14H,5,7,9H2,1-3H3. The summed E-state index contributed by atoms with van der Waals surface area (Å²) in [5.74, 6) is 2.55. The Balaban J connectivity index is 1.95.